The summed E-state index contributed by atoms with van der Waals surface area (Å²) in [5, 5.41) is 7.49. The number of carbonyl (C=O) groups is 1. The standard InChI is InChI=1S/C20H19N3O5/c24-20(18-15-2-1-9-21-19(15)23-28-18)22-12-3-5-13(6-4-12)27-14-7-8-16-17(10-14)26-11-25-16/h1-2,7-10,12-13H,3-6,11H2,(H,22,24). The van der Waals surface area contributed by atoms with E-state index in [0.29, 0.717) is 16.8 Å². The number of nitrogens with one attached hydrogen (secondary N) is 1. The van der Waals surface area contributed by atoms with E-state index in [9.17, 15) is 4.79 Å². The van der Waals surface area contributed by atoms with Crippen LogP contribution in [0.1, 0.15) is 36.2 Å². The molecule has 3 heterocycles. The Morgan fingerprint density at radius 2 is 1.96 bits per heavy atom. The van der Waals surface area contributed by atoms with Crippen LogP contribution in [0.4, 0.5) is 0 Å². The number of aromatic nitrogens is 2. The van der Waals surface area contributed by atoms with Crippen molar-refractivity contribution in [2.24, 2.45) is 0 Å². The van der Waals surface area contributed by atoms with Gasteiger partial charge in [0.2, 0.25) is 18.2 Å². The van der Waals surface area contributed by atoms with Crippen LogP contribution in [0.15, 0.2) is 41.1 Å². The zero-order valence-electron chi connectivity index (χ0n) is 15.1. The zero-order chi connectivity index (χ0) is 18.9. The number of pyridine rings is 1. The molecule has 8 heteroatoms. The summed E-state index contributed by atoms with van der Waals surface area (Å²) in [5.41, 5.74) is 0.438. The van der Waals surface area contributed by atoms with Crippen LogP contribution < -0.4 is 19.5 Å². The molecule has 1 fully saturated rings. The molecule has 1 aromatic carbocycles. The zero-order valence-corrected chi connectivity index (χ0v) is 15.1. The molecule has 2 aromatic heterocycles. The number of hydrogen-bond acceptors (Lipinski definition) is 7. The maximum Gasteiger partial charge on any atom is 0.290 e. The number of ether oxygens (including phenoxy) is 3. The molecule has 1 aliphatic heterocycles. The quantitative estimate of drug-likeness (QED) is 0.742. The number of amides is 1. The van der Waals surface area contributed by atoms with Crippen LogP contribution >= 0.6 is 0 Å². The summed E-state index contributed by atoms with van der Waals surface area (Å²) in [6.07, 6.45) is 5.13. The van der Waals surface area contributed by atoms with Crippen molar-refractivity contribution >= 4 is 16.9 Å². The summed E-state index contributed by atoms with van der Waals surface area (Å²) in [7, 11) is 0. The van der Waals surface area contributed by atoms with Gasteiger partial charge in [0.25, 0.3) is 5.91 Å². The minimum atomic E-state index is -0.254. The first-order chi connectivity index (χ1) is 13.8. The first-order valence-electron chi connectivity index (χ1n) is 9.34. The van der Waals surface area contributed by atoms with Crippen molar-refractivity contribution in [2.45, 2.75) is 37.8 Å². The van der Waals surface area contributed by atoms with Crippen molar-refractivity contribution in [3.8, 4) is 17.2 Å². The van der Waals surface area contributed by atoms with Crippen LogP contribution in [0.2, 0.25) is 0 Å². The van der Waals surface area contributed by atoms with Crippen molar-refractivity contribution in [1.29, 1.82) is 0 Å². The van der Waals surface area contributed by atoms with Crippen molar-refractivity contribution in [2.75, 3.05) is 6.79 Å². The Labute approximate surface area is 160 Å². The van der Waals surface area contributed by atoms with Gasteiger partial charge in [-0.25, -0.2) is 4.98 Å². The molecule has 1 amide bonds. The molecule has 1 N–H and O–H groups in total. The van der Waals surface area contributed by atoms with Gasteiger partial charge in [-0.2, -0.15) is 0 Å². The third-order valence-corrected chi connectivity index (χ3v) is 5.12. The van der Waals surface area contributed by atoms with E-state index in [2.05, 4.69) is 15.5 Å². The van der Waals surface area contributed by atoms with Gasteiger partial charge in [-0.05, 0) is 49.9 Å². The minimum absolute atomic E-state index is 0.0842. The third kappa shape index (κ3) is 3.21. The number of fused-ring (bicyclic) bond motifs is 2. The fourth-order valence-corrected chi connectivity index (χ4v) is 3.67. The van der Waals surface area contributed by atoms with E-state index in [1.807, 2.05) is 18.2 Å². The summed E-state index contributed by atoms with van der Waals surface area (Å²) in [6, 6.07) is 9.24. The first-order valence-corrected chi connectivity index (χ1v) is 9.34. The second kappa shape index (κ2) is 7.03. The van der Waals surface area contributed by atoms with E-state index >= 15 is 0 Å². The lowest BCUT2D eigenvalue weighted by Gasteiger charge is -2.29. The van der Waals surface area contributed by atoms with Crippen LogP contribution in [-0.2, 0) is 0 Å². The highest BCUT2D eigenvalue weighted by Gasteiger charge is 2.26. The summed E-state index contributed by atoms with van der Waals surface area (Å²) in [6.45, 7) is 0.250. The lowest BCUT2D eigenvalue weighted by molar-refractivity contribution is 0.0860. The maximum atomic E-state index is 12.5. The van der Waals surface area contributed by atoms with Crippen molar-refractivity contribution < 1.29 is 23.5 Å². The van der Waals surface area contributed by atoms with Crippen molar-refractivity contribution in [3.63, 3.8) is 0 Å². The summed E-state index contributed by atoms with van der Waals surface area (Å²) >= 11 is 0. The molecule has 144 valence electrons. The topological polar surface area (TPSA) is 95.7 Å². The Hall–Kier alpha value is -3.29. The Kier molecular flexibility index (Phi) is 4.23. The molecule has 8 nitrogen and oxygen atoms in total. The van der Waals surface area contributed by atoms with Crippen LogP contribution in [0.5, 0.6) is 17.2 Å². The monoisotopic (exact) mass is 381 g/mol. The van der Waals surface area contributed by atoms with Gasteiger partial charge in [-0.1, -0.05) is 5.16 Å². The summed E-state index contributed by atoms with van der Waals surface area (Å²) in [5.74, 6) is 2.19. The van der Waals surface area contributed by atoms with E-state index in [-0.39, 0.29) is 30.6 Å². The number of rotatable bonds is 4. The van der Waals surface area contributed by atoms with Gasteiger partial charge in [0.05, 0.1) is 11.5 Å². The smallest absolute Gasteiger partial charge is 0.290 e. The molecule has 1 saturated carbocycles. The van der Waals surface area contributed by atoms with E-state index in [0.717, 1.165) is 37.2 Å². The molecule has 1 aliphatic carbocycles. The molecule has 28 heavy (non-hydrogen) atoms. The van der Waals surface area contributed by atoms with Crippen LogP contribution in [-0.4, -0.2) is 35.0 Å². The second-order valence-corrected chi connectivity index (χ2v) is 6.97. The van der Waals surface area contributed by atoms with E-state index < -0.39 is 0 Å². The lowest BCUT2D eigenvalue weighted by atomic mass is 9.92. The Morgan fingerprint density at radius 1 is 1.11 bits per heavy atom. The molecule has 5 rings (SSSR count). The van der Waals surface area contributed by atoms with Gasteiger partial charge in [0, 0.05) is 18.3 Å². The average molecular weight is 381 g/mol. The van der Waals surface area contributed by atoms with Gasteiger partial charge in [-0.15, -0.1) is 0 Å². The van der Waals surface area contributed by atoms with Gasteiger partial charge < -0.3 is 24.1 Å². The lowest BCUT2D eigenvalue weighted by Crippen LogP contribution is -2.39. The highest BCUT2D eigenvalue weighted by molar-refractivity contribution is 6.02. The van der Waals surface area contributed by atoms with E-state index in [1.54, 1.807) is 18.3 Å². The molecule has 0 unspecified atom stereocenters. The highest BCUT2D eigenvalue weighted by atomic mass is 16.7. The largest absolute Gasteiger partial charge is 0.490 e. The van der Waals surface area contributed by atoms with Gasteiger partial charge in [-0.3, -0.25) is 4.79 Å². The second-order valence-electron chi connectivity index (χ2n) is 6.97. The van der Waals surface area contributed by atoms with Crippen molar-refractivity contribution in [1.82, 2.24) is 15.5 Å². The fourth-order valence-electron chi connectivity index (χ4n) is 3.67. The van der Waals surface area contributed by atoms with Crippen molar-refractivity contribution in [3.05, 3.63) is 42.3 Å². The van der Waals surface area contributed by atoms with Gasteiger partial charge in [0.15, 0.2) is 11.5 Å². The summed E-state index contributed by atoms with van der Waals surface area (Å²) in [4.78, 5) is 16.6. The molecule has 2 aliphatic rings. The molecule has 0 atom stereocenters. The Balaban J connectivity index is 1.16. The maximum absolute atomic E-state index is 12.5. The molecular formula is C20H19N3O5. The van der Waals surface area contributed by atoms with Crippen LogP contribution in [0.3, 0.4) is 0 Å². The van der Waals surface area contributed by atoms with Gasteiger partial charge >= 0.3 is 0 Å². The fraction of sp³-hybridized carbons (Fsp3) is 0.350. The predicted molar refractivity (Wildman–Crippen MR) is 98.5 cm³/mol. The molecular weight excluding hydrogens is 362 g/mol. The summed E-state index contributed by atoms with van der Waals surface area (Å²) < 4.78 is 22.0. The highest BCUT2D eigenvalue weighted by Crippen LogP contribution is 2.36. The first kappa shape index (κ1) is 16.9. The normalized spacial score (nSPS) is 20.9. The average Bonchev–Trinajstić information content (AvgIpc) is 3.36. The SMILES string of the molecule is O=C(NC1CCC(Oc2ccc3c(c2)OCO3)CC1)c1onc2ncccc12. The number of benzene rings is 1. The molecule has 0 bridgehead atoms. The molecule has 0 spiro atoms. The minimum Gasteiger partial charge on any atom is -0.490 e. The Morgan fingerprint density at radius 3 is 2.86 bits per heavy atom. The number of nitrogens with zero attached hydrogens (tertiary/aromatic N) is 2. The van der Waals surface area contributed by atoms with Crippen LogP contribution in [0, 0.1) is 0 Å². The van der Waals surface area contributed by atoms with E-state index in [1.165, 1.54) is 0 Å². The van der Waals surface area contributed by atoms with Gasteiger partial charge in [0.1, 0.15) is 5.75 Å². The molecule has 3 aromatic rings. The Bertz CT molecular complexity index is 1010. The molecule has 0 radical (unpaired) electrons. The molecule has 0 saturated heterocycles. The van der Waals surface area contributed by atoms with E-state index in [4.69, 9.17) is 18.7 Å². The number of carbonyl (C=O) groups excluding carboxylic acids is 1. The van der Waals surface area contributed by atoms with Crippen LogP contribution in [0.25, 0.3) is 11.0 Å². The predicted octanol–water partition coefficient (Wildman–Crippen LogP) is 3.07. The number of hydrogen-bond donors (Lipinski definition) is 1. The third-order valence-electron chi connectivity index (χ3n) is 5.12.